The van der Waals surface area contributed by atoms with Crippen molar-refractivity contribution in [3.05, 3.63) is 46.5 Å². The molecule has 1 unspecified atom stereocenters. The summed E-state index contributed by atoms with van der Waals surface area (Å²) in [5.74, 6) is -0.0294. The quantitative estimate of drug-likeness (QED) is 0.916. The van der Waals surface area contributed by atoms with Gasteiger partial charge in [-0.25, -0.2) is 8.78 Å². The van der Waals surface area contributed by atoms with Crippen LogP contribution in [0.25, 0.3) is 0 Å². The number of ether oxygens (including phenoxy) is 1. The van der Waals surface area contributed by atoms with E-state index in [2.05, 4.69) is 4.98 Å². The molecule has 24 heavy (non-hydrogen) atoms. The number of hydrogen-bond donors (Lipinski definition) is 1. The number of rotatable bonds is 3. The van der Waals surface area contributed by atoms with Gasteiger partial charge in [0.05, 0.1) is 11.6 Å². The van der Waals surface area contributed by atoms with E-state index in [-0.39, 0.29) is 34.7 Å². The molecule has 1 amide bonds. The average molecular weight is 354 g/mol. The molecule has 0 aliphatic carbocycles. The van der Waals surface area contributed by atoms with Gasteiger partial charge in [0.1, 0.15) is 11.5 Å². The van der Waals surface area contributed by atoms with Crippen LogP contribution in [0.5, 0.6) is 5.88 Å². The predicted molar refractivity (Wildman–Crippen MR) is 86.3 cm³/mol. The molecule has 1 aromatic carbocycles. The molecule has 2 heterocycles. The molecule has 1 aromatic heterocycles. The number of nitrogen functional groups attached to an aromatic ring is 1. The Morgan fingerprint density at radius 2 is 2.17 bits per heavy atom. The highest BCUT2D eigenvalue weighted by atomic mass is 35.5. The first kappa shape index (κ1) is 16.4. The van der Waals surface area contributed by atoms with Crippen molar-refractivity contribution in [1.82, 2.24) is 4.98 Å². The van der Waals surface area contributed by atoms with Crippen LogP contribution in [0.15, 0.2) is 30.3 Å². The van der Waals surface area contributed by atoms with Crippen LogP contribution in [-0.4, -0.2) is 17.0 Å². The maximum absolute atomic E-state index is 12.9. The van der Waals surface area contributed by atoms with Gasteiger partial charge in [-0.3, -0.25) is 9.69 Å². The SMILES string of the molecule is CC1Oc2nc(N)c(Cl)cc2N(Cc2cccc(C(F)F)c2)C1=O. The van der Waals surface area contributed by atoms with Crippen molar-refractivity contribution in [3.8, 4) is 5.88 Å². The van der Waals surface area contributed by atoms with Gasteiger partial charge in [0, 0.05) is 5.56 Å². The van der Waals surface area contributed by atoms with Gasteiger partial charge in [0.2, 0.25) is 5.88 Å². The second kappa shape index (κ2) is 6.24. The molecule has 3 rings (SSSR count). The summed E-state index contributed by atoms with van der Waals surface area (Å²) in [6, 6.07) is 7.39. The molecule has 0 spiro atoms. The van der Waals surface area contributed by atoms with Gasteiger partial charge >= 0.3 is 0 Å². The highest BCUT2D eigenvalue weighted by Crippen LogP contribution is 2.37. The van der Waals surface area contributed by atoms with E-state index in [1.165, 1.54) is 29.2 Å². The van der Waals surface area contributed by atoms with Crippen molar-refractivity contribution < 1.29 is 18.3 Å². The lowest BCUT2D eigenvalue weighted by atomic mass is 10.1. The molecule has 2 aromatic rings. The Morgan fingerprint density at radius 3 is 2.88 bits per heavy atom. The Balaban J connectivity index is 1.99. The average Bonchev–Trinajstić information content (AvgIpc) is 2.54. The number of nitrogens with zero attached hydrogens (tertiary/aromatic N) is 2. The van der Waals surface area contributed by atoms with Crippen LogP contribution in [0, 0.1) is 0 Å². The minimum Gasteiger partial charge on any atom is -0.463 e. The van der Waals surface area contributed by atoms with Gasteiger partial charge in [0.25, 0.3) is 12.3 Å². The number of halogens is 3. The number of pyridine rings is 1. The molecule has 5 nitrogen and oxygen atoms in total. The summed E-state index contributed by atoms with van der Waals surface area (Å²) >= 11 is 5.98. The number of benzene rings is 1. The smallest absolute Gasteiger partial charge is 0.268 e. The lowest BCUT2D eigenvalue weighted by Gasteiger charge is -2.32. The van der Waals surface area contributed by atoms with Crippen LogP contribution in [0.4, 0.5) is 20.3 Å². The maximum atomic E-state index is 12.9. The van der Waals surface area contributed by atoms with E-state index in [1.807, 2.05) is 0 Å². The first-order valence-corrected chi connectivity index (χ1v) is 7.55. The predicted octanol–water partition coefficient (Wildman–Crippen LogP) is 3.57. The van der Waals surface area contributed by atoms with Gasteiger partial charge in [-0.05, 0) is 24.6 Å². The zero-order valence-electron chi connectivity index (χ0n) is 12.7. The minimum atomic E-state index is -2.58. The summed E-state index contributed by atoms with van der Waals surface area (Å²) in [6.07, 6.45) is -3.34. The summed E-state index contributed by atoms with van der Waals surface area (Å²) in [7, 11) is 0. The fourth-order valence-corrected chi connectivity index (χ4v) is 2.63. The number of fused-ring (bicyclic) bond motifs is 1. The van der Waals surface area contributed by atoms with Gasteiger partial charge in [0.15, 0.2) is 6.10 Å². The summed E-state index contributed by atoms with van der Waals surface area (Å²) in [5, 5.41) is 0.186. The van der Waals surface area contributed by atoms with Crippen LogP contribution < -0.4 is 15.4 Å². The molecule has 2 N–H and O–H groups in total. The third-order valence-corrected chi connectivity index (χ3v) is 3.99. The Labute approximate surface area is 142 Å². The van der Waals surface area contributed by atoms with E-state index in [9.17, 15) is 13.6 Å². The van der Waals surface area contributed by atoms with Gasteiger partial charge < -0.3 is 10.5 Å². The monoisotopic (exact) mass is 353 g/mol. The van der Waals surface area contributed by atoms with Crippen molar-refractivity contribution in [2.75, 3.05) is 10.6 Å². The van der Waals surface area contributed by atoms with Crippen molar-refractivity contribution in [1.29, 1.82) is 0 Å². The molecular formula is C16H14ClF2N3O2. The van der Waals surface area contributed by atoms with E-state index in [1.54, 1.807) is 13.0 Å². The van der Waals surface area contributed by atoms with Gasteiger partial charge in [-0.1, -0.05) is 29.8 Å². The first-order valence-electron chi connectivity index (χ1n) is 7.18. The summed E-state index contributed by atoms with van der Waals surface area (Å²) in [6.45, 7) is 1.68. The van der Waals surface area contributed by atoms with Crippen molar-refractivity contribution in [2.24, 2.45) is 0 Å². The molecule has 126 valence electrons. The highest BCUT2D eigenvalue weighted by Gasteiger charge is 2.33. The molecule has 0 fully saturated rings. The van der Waals surface area contributed by atoms with Crippen molar-refractivity contribution in [2.45, 2.75) is 26.0 Å². The number of amides is 1. The second-order valence-electron chi connectivity index (χ2n) is 5.41. The second-order valence-corrected chi connectivity index (χ2v) is 5.82. The zero-order valence-corrected chi connectivity index (χ0v) is 13.4. The number of alkyl halides is 2. The summed E-state index contributed by atoms with van der Waals surface area (Å²) in [4.78, 5) is 17.9. The molecule has 1 aliphatic heterocycles. The van der Waals surface area contributed by atoms with Crippen LogP contribution in [0.1, 0.15) is 24.5 Å². The molecule has 1 atom stereocenters. The molecule has 1 aliphatic rings. The Kier molecular flexibility index (Phi) is 4.28. The standard InChI is InChI=1S/C16H14ClF2N3O2/c1-8-16(23)22(7-9-3-2-4-10(5-9)13(18)19)12-6-11(17)14(20)21-15(12)24-8/h2-6,8,13H,7H2,1H3,(H2,20,21). The van der Waals surface area contributed by atoms with Crippen LogP contribution in [-0.2, 0) is 11.3 Å². The number of hydrogen-bond acceptors (Lipinski definition) is 4. The van der Waals surface area contributed by atoms with E-state index in [4.69, 9.17) is 22.1 Å². The van der Waals surface area contributed by atoms with E-state index in [0.717, 1.165) is 0 Å². The van der Waals surface area contributed by atoms with E-state index in [0.29, 0.717) is 11.3 Å². The van der Waals surface area contributed by atoms with Crippen molar-refractivity contribution in [3.63, 3.8) is 0 Å². The lowest BCUT2D eigenvalue weighted by molar-refractivity contribution is -0.125. The fourth-order valence-electron chi connectivity index (χ4n) is 2.48. The number of carbonyl (C=O) groups is 1. The van der Waals surface area contributed by atoms with Crippen LogP contribution in [0.3, 0.4) is 0 Å². The molecule has 0 saturated heterocycles. The zero-order chi connectivity index (χ0) is 17.4. The summed E-state index contributed by atoms with van der Waals surface area (Å²) in [5.41, 5.74) is 6.49. The van der Waals surface area contributed by atoms with Crippen molar-refractivity contribution >= 4 is 29.0 Å². The molecule has 0 radical (unpaired) electrons. The third-order valence-electron chi connectivity index (χ3n) is 3.69. The summed E-state index contributed by atoms with van der Waals surface area (Å²) < 4.78 is 31.2. The Morgan fingerprint density at radius 1 is 1.42 bits per heavy atom. The number of aromatic nitrogens is 1. The minimum absolute atomic E-state index is 0.0941. The van der Waals surface area contributed by atoms with Crippen LogP contribution in [0.2, 0.25) is 5.02 Å². The Bertz CT molecular complexity index is 801. The fraction of sp³-hybridized carbons (Fsp3) is 0.250. The van der Waals surface area contributed by atoms with E-state index >= 15 is 0 Å². The first-order chi connectivity index (χ1) is 11.4. The molecule has 0 saturated carbocycles. The van der Waals surface area contributed by atoms with Gasteiger partial charge in [-0.2, -0.15) is 4.98 Å². The van der Waals surface area contributed by atoms with Crippen LogP contribution >= 0.6 is 11.6 Å². The lowest BCUT2D eigenvalue weighted by Crippen LogP contribution is -2.44. The number of anilines is 2. The maximum Gasteiger partial charge on any atom is 0.268 e. The largest absolute Gasteiger partial charge is 0.463 e. The topological polar surface area (TPSA) is 68.5 Å². The third kappa shape index (κ3) is 2.99. The number of nitrogens with two attached hydrogens (primary N) is 1. The molecule has 0 bridgehead atoms. The highest BCUT2D eigenvalue weighted by molar-refractivity contribution is 6.33. The molecule has 8 heteroatoms. The normalized spacial score (nSPS) is 17.0. The molecular weight excluding hydrogens is 340 g/mol. The van der Waals surface area contributed by atoms with E-state index < -0.39 is 12.5 Å². The Hall–Kier alpha value is -2.41. The number of carbonyl (C=O) groups excluding carboxylic acids is 1. The van der Waals surface area contributed by atoms with Gasteiger partial charge in [-0.15, -0.1) is 0 Å².